The molecule has 2 saturated carbocycles. The number of ether oxygens (including phenoxy) is 1. The Morgan fingerprint density at radius 2 is 1.30 bits per heavy atom. The highest BCUT2D eigenvalue weighted by Crippen LogP contribution is 2.74. The van der Waals surface area contributed by atoms with Crippen molar-refractivity contribution in [3.8, 4) is 17.1 Å². The Bertz CT molecular complexity index is 3750. The van der Waals surface area contributed by atoms with Crippen LogP contribution in [0.3, 0.4) is 0 Å². The first kappa shape index (κ1) is 53.4. The van der Waals surface area contributed by atoms with Gasteiger partial charge in [0.25, 0.3) is 5.91 Å². The van der Waals surface area contributed by atoms with Gasteiger partial charge in [0, 0.05) is 79.2 Å². The van der Waals surface area contributed by atoms with Crippen molar-refractivity contribution in [2.24, 2.45) is 34.8 Å². The molecule has 28 heteroatoms. The van der Waals surface area contributed by atoms with Crippen LogP contribution in [0.15, 0.2) is 122 Å². The minimum Gasteiger partial charge on any atom is -0.494 e. The quantitative estimate of drug-likeness (QED) is 0.0234. The molecule has 6 heterocycles. The van der Waals surface area contributed by atoms with E-state index in [2.05, 4.69) is 25.5 Å². The van der Waals surface area contributed by atoms with E-state index in [0.29, 0.717) is 41.1 Å². The van der Waals surface area contributed by atoms with Crippen LogP contribution in [0.25, 0.3) is 22.7 Å². The second-order valence-electron chi connectivity index (χ2n) is 19.2. The van der Waals surface area contributed by atoms with Gasteiger partial charge in [0.05, 0.1) is 43.0 Å². The molecule has 0 spiro atoms. The second-order valence-corrected chi connectivity index (χ2v) is 19.2. The molecule has 1 amide bonds. The summed E-state index contributed by atoms with van der Waals surface area (Å²) in [6.45, 7) is -0.888. The summed E-state index contributed by atoms with van der Waals surface area (Å²) >= 11 is 0. The number of aliphatic carboxylic acids is 1. The monoisotopic (exact) mass is 1100 g/mol. The zero-order chi connectivity index (χ0) is 56.5. The summed E-state index contributed by atoms with van der Waals surface area (Å²) < 4.78 is 124. The Labute approximate surface area is 441 Å². The number of nitrogens with one attached hydrogen (secondary N) is 1. The molecule has 2 fully saturated rings. The fourth-order valence-corrected chi connectivity index (χ4v) is 10.4. The van der Waals surface area contributed by atoms with Crippen LogP contribution in [0, 0.1) is 17.6 Å². The SMILES string of the molecule is COc1ccc(-n2ccc(C(F)(F)F)n2)c(CNC(=O)/C(N)=C/N(N)Cc2cn3cc(C4CC4C4(c5ccc(-n6ccc(C(F)(F)F)n6)c(CN)c5F)CC4c4ccc5nc(CN(N)/C=C(\N)C(=O)O)cn5c4)ccc3n2)c1F. The molecule has 10 rings (SSSR count). The predicted octanol–water partition coefficient (Wildman–Crippen LogP) is 5.72. The van der Waals surface area contributed by atoms with Gasteiger partial charge in [-0.2, -0.15) is 36.5 Å². The number of alkyl halides is 6. The maximum absolute atomic E-state index is 17.3. The van der Waals surface area contributed by atoms with Crippen molar-refractivity contribution in [3.05, 3.63) is 184 Å². The van der Waals surface area contributed by atoms with Gasteiger partial charge in [-0.25, -0.2) is 44.6 Å². The lowest BCUT2D eigenvalue weighted by Crippen LogP contribution is -2.33. The lowest BCUT2D eigenvalue weighted by Gasteiger charge is -2.23. The van der Waals surface area contributed by atoms with Crippen LogP contribution in [0.5, 0.6) is 5.75 Å². The zero-order valence-corrected chi connectivity index (χ0v) is 41.4. The van der Waals surface area contributed by atoms with Crippen molar-refractivity contribution in [1.29, 1.82) is 0 Å². The maximum atomic E-state index is 17.3. The molecule has 0 saturated heterocycles. The van der Waals surface area contributed by atoms with Crippen molar-refractivity contribution >= 4 is 23.2 Å². The normalized spacial score (nSPS) is 18.6. The fourth-order valence-electron chi connectivity index (χ4n) is 10.4. The standard InChI is InChI=1S/C51H48F8N16O4/c1-79-40-7-6-39(75-13-11-42(69-75)51(57,58)59)32(46(40)53)17-65-47(76)36(61)24-72(63)22-28-20-70-18-26(2-8-43(70)66-28)30-14-34(30)49(33-4-5-38(31(16-60)45(33)52)74-12-10-41(68-74)50(54,55)56)15-35(49)27-3-9-44-67-29(21-71(44)19-27)23-73(64)25-37(62)48(77)78/h2-13,18-21,24-25,30,34-35H,14-17,22-23,60-64H2,1H3,(H,65,76)(H,77,78)/b36-24-,37-25-. The van der Waals surface area contributed by atoms with Gasteiger partial charge in [-0.1, -0.05) is 18.2 Å². The van der Waals surface area contributed by atoms with Gasteiger partial charge in [0.1, 0.15) is 28.5 Å². The van der Waals surface area contributed by atoms with Gasteiger partial charge in [-0.05, 0) is 89.8 Å². The largest absolute Gasteiger partial charge is 0.494 e. The third-order valence-corrected chi connectivity index (χ3v) is 14.1. The molecule has 6 aromatic heterocycles. The Morgan fingerprint density at radius 3 is 1.85 bits per heavy atom. The van der Waals surface area contributed by atoms with Crippen molar-refractivity contribution < 1.29 is 54.6 Å². The van der Waals surface area contributed by atoms with Crippen molar-refractivity contribution in [2.75, 3.05) is 7.11 Å². The van der Waals surface area contributed by atoms with E-state index in [0.717, 1.165) is 67.4 Å². The van der Waals surface area contributed by atoms with Crippen LogP contribution in [0.2, 0.25) is 0 Å². The van der Waals surface area contributed by atoms with E-state index >= 15 is 8.78 Å². The number of methoxy groups -OCH3 is 1. The number of aromatic nitrogens is 8. The van der Waals surface area contributed by atoms with E-state index in [1.807, 2.05) is 30.6 Å². The number of halogens is 8. The van der Waals surface area contributed by atoms with Crippen LogP contribution < -0.4 is 38.9 Å². The van der Waals surface area contributed by atoms with Crippen molar-refractivity contribution in [3.63, 3.8) is 0 Å². The number of amides is 1. The van der Waals surface area contributed by atoms with E-state index in [-0.39, 0.29) is 65.6 Å². The smallest absolute Gasteiger partial charge is 0.435 e. The Balaban J connectivity index is 0.882. The minimum absolute atomic E-state index is 0.00836. The third-order valence-electron chi connectivity index (χ3n) is 14.1. The molecule has 0 aliphatic heterocycles. The Morgan fingerprint density at radius 1 is 0.759 bits per heavy atom. The molecule has 4 unspecified atom stereocenters. The highest BCUT2D eigenvalue weighted by molar-refractivity contribution is 5.92. The maximum Gasteiger partial charge on any atom is 0.435 e. The third kappa shape index (κ3) is 10.3. The fraction of sp³-hybridized carbons (Fsp3) is 0.255. The minimum atomic E-state index is -4.76. The number of benzene rings is 2. The average molecular weight is 1100 g/mol. The Kier molecular flexibility index (Phi) is 13.6. The number of fused-ring (bicyclic) bond motifs is 2. The van der Waals surface area contributed by atoms with E-state index < -0.39 is 70.6 Å². The topological polar surface area (TPSA) is 282 Å². The molecule has 79 heavy (non-hydrogen) atoms. The van der Waals surface area contributed by atoms with E-state index in [4.69, 9.17) is 38.7 Å². The molecule has 0 radical (unpaired) electrons. The number of imidazole rings is 2. The van der Waals surface area contributed by atoms with Gasteiger partial charge in [0.15, 0.2) is 23.0 Å². The molecule has 4 atom stereocenters. The number of hydrogen-bond donors (Lipinski definition) is 7. The summed E-state index contributed by atoms with van der Waals surface area (Å²) in [6, 6.07) is 14.6. The number of hydrazine groups is 2. The number of hydrogen-bond acceptors (Lipinski definition) is 14. The number of carbonyl (C=O) groups excluding carboxylic acids is 1. The van der Waals surface area contributed by atoms with Crippen LogP contribution >= 0.6 is 0 Å². The summed E-state index contributed by atoms with van der Waals surface area (Å²) in [7, 11) is 1.20. The first-order valence-electron chi connectivity index (χ1n) is 24.0. The number of rotatable bonds is 18. The van der Waals surface area contributed by atoms with E-state index in [9.17, 15) is 35.9 Å². The van der Waals surface area contributed by atoms with Crippen molar-refractivity contribution in [1.82, 2.24) is 53.7 Å². The van der Waals surface area contributed by atoms with Gasteiger partial charge in [-0.15, -0.1) is 0 Å². The molecular weight excluding hydrogens is 1050 g/mol. The number of carbonyl (C=O) groups is 2. The number of nitrogens with zero attached hydrogens (tertiary/aromatic N) is 10. The molecule has 12 N–H and O–H groups in total. The van der Waals surface area contributed by atoms with Gasteiger partial charge >= 0.3 is 18.3 Å². The summed E-state index contributed by atoms with van der Waals surface area (Å²) in [5, 5.41) is 21.0. The highest BCUT2D eigenvalue weighted by Gasteiger charge is 2.68. The average Bonchev–Trinajstić information content (AvgIpc) is 2.03. The van der Waals surface area contributed by atoms with Crippen LogP contribution in [0.1, 0.15) is 75.3 Å². The summed E-state index contributed by atoms with van der Waals surface area (Å²) in [4.78, 5) is 33.7. The molecule has 2 aliphatic rings. The first-order valence-corrected chi connectivity index (χ1v) is 24.0. The number of nitrogens with two attached hydrogens (primary N) is 5. The van der Waals surface area contributed by atoms with Crippen molar-refractivity contribution in [2.45, 2.75) is 68.6 Å². The van der Waals surface area contributed by atoms with E-state index in [1.165, 1.54) is 25.3 Å². The molecule has 20 nitrogen and oxygen atoms in total. The summed E-state index contributed by atoms with van der Waals surface area (Å²) in [5.41, 5.74) is 17.7. The number of carboxylic acid groups (broad SMARTS) is 1. The molecule has 412 valence electrons. The molecule has 2 aromatic carbocycles. The lowest BCUT2D eigenvalue weighted by molar-refractivity contribution is -0.142. The molecule has 8 aromatic rings. The summed E-state index contributed by atoms with van der Waals surface area (Å²) in [5.74, 6) is 7.75. The second kappa shape index (κ2) is 20.1. The van der Waals surface area contributed by atoms with Crippen LogP contribution in [0.4, 0.5) is 35.1 Å². The number of pyridine rings is 2. The van der Waals surface area contributed by atoms with Crippen LogP contribution in [-0.2, 0) is 53.5 Å². The predicted molar refractivity (Wildman–Crippen MR) is 265 cm³/mol. The van der Waals surface area contributed by atoms with Gasteiger partial charge in [-0.3, -0.25) is 4.79 Å². The lowest BCUT2D eigenvalue weighted by atomic mass is 9.83. The zero-order valence-electron chi connectivity index (χ0n) is 41.4. The first-order chi connectivity index (χ1) is 37.5. The highest BCUT2D eigenvalue weighted by atomic mass is 19.4. The van der Waals surface area contributed by atoms with Gasteiger partial charge < -0.3 is 51.2 Å². The Hall–Kier alpha value is -9.02. The van der Waals surface area contributed by atoms with E-state index in [1.54, 1.807) is 33.3 Å². The molecule has 2 aliphatic carbocycles. The molecule has 0 bridgehead atoms. The molecular formula is C51H48F8N16O4. The van der Waals surface area contributed by atoms with Gasteiger partial charge in [0.2, 0.25) is 0 Å². The summed E-state index contributed by atoms with van der Waals surface area (Å²) in [6.07, 6.45) is 3.21. The number of carboxylic acids is 1. The van der Waals surface area contributed by atoms with Crippen LogP contribution in [-0.4, -0.2) is 72.4 Å².